The molecule has 2 amide bonds. The van der Waals surface area contributed by atoms with Gasteiger partial charge in [-0.2, -0.15) is 0 Å². The average molecular weight is 264 g/mol. The molecule has 1 fully saturated rings. The van der Waals surface area contributed by atoms with E-state index >= 15 is 0 Å². The SMILES string of the molecule is CCN1C[C@@H](C(=O)NCCCc2ccco2)CC1=O. The van der Waals surface area contributed by atoms with Crippen LogP contribution in [0.4, 0.5) is 0 Å². The Labute approximate surface area is 113 Å². The van der Waals surface area contributed by atoms with Crippen LogP contribution in [-0.4, -0.2) is 36.3 Å². The van der Waals surface area contributed by atoms with E-state index in [1.807, 2.05) is 19.1 Å². The lowest BCUT2D eigenvalue weighted by molar-refractivity contribution is -0.128. The van der Waals surface area contributed by atoms with Crippen LogP contribution in [0, 0.1) is 5.92 Å². The van der Waals surface area contributed by atoms with Crippen molar-refractivity contribution in [1.29, 1.82) is 0 Å². The molecule has 1 N–H and O–H groups in total. The van der Waals surface area contributed by atoms with Gasteiger partial charge in [-0.1, -0.05) is 0 Å². The van der Waals surface area contributed by atoms with E-state index in [1.54, 1.807) is 11.2 Å². The van der Waals surface area contributed by atoms with E-state index in [4.69, 9.17) is 4.42 Å². The topological polar surface area (TPSA) is 62.6 Å². The summed E-state index contributed by atoms with van der Waals surface area (Å²) in [5.74, 6) is 0.820. The molecule has 0 aromatic carbocycles. The van der Waals surface area contributed by atoms with Gasteiger partial charge in [0.1, 0.15) is 5.76 Å². The lowest BCUT2D eigenvalue weighted by Gasteiger charge is -2.13. The lowest BCUT2D eigenvalue weighted by atomic mass is 10.1. The van der Waals surface area contributed by atoms with E-state index in [9.17, 15) is 9.59 Å². The largest absolute Gasteiger partial charge is 0.469 e. The highest BCUT2D eigenvalue weighted by Crippen LogP contribution is 2.17. The molecule has 5 nitrogen and oxygen atoms in total. The predicted molar refractivity (Wildman–Crippen MR) is 70.4 cm³/mol. The van der Waals surface area contributed by atoms with Crippen LogP contribution < -0.4 is 5.32 Å². The molecule has 5 heteroatoms. The number of hydrogen-bond donors (Lipinski definition) is 1. The van der Waals surface area contributed by atoms with Crippen molar-refractivity contribution in [2.75, 3.05) is 19.6 Å². The molecule has 1 saturated heterocycles. The zero-order valence-electron chi connectivity index (χ0n) is 11.2. The Kier molecular flexibility index (Phi) is 4.60. The minimum absolute atomic E-state index is 0.0104. The zero-order chi connectivity index (χ0) is 13.7. The molecule has 19 heavy (non-hydrogen) atoms. The van der Waals surface area contributed by atoms with Crippen molar-refractivity contribution in [3.63, 3.8) is 0 Å². The van der Waals surface area contributed by atoms with Gasteiger partial charge in [0, 0.05) is 32.5 Å². The summed E-state index contributed by atoms with van der Waals surface area (Å²) in [6, 6.07) is 3.79. The molecule has 2 rings (SSSR count). The normalized spacial score (nSPS) is 18.9. The molecule has 0 aliphatic carbocycles. The van der Waals surface area contributed by atoms with Gasteiger partial charge >= 0.3 is 0 Å². The Morgan fingerprint density at radius 3 is 3.05 bits per heavy atom. The van der Waals surface area contributed by atoms with Crippen molar-refractivity contribution in [1.82, 2.24) is 10.2 Å². The van der Waals surface area contributed by atoms with Crippen LogP contribution >= 0.6 is 0 Å². The summed E-state index contributed by atoms with van der Waals surface area (Å²) in [7, 11) is 0. The number of likely N-dealkylation sites (tertiary alicyclic amines) is 1. The summed E-state index contributed by atoms with van der Waals surface area (Å²) in [5.41, 5.74) is 0. The maximum Gasteiger partial charge on any atom is 0.225 e. The third-order valence-corrected chi connectivity index (χ3v) is 3.45. The molecular weight excluding hydrogens is 244 g/mol. The average Bonchev–Trinajstić information content (AvgIpc) is 3.03. The monoisotopic (exact) mass is 264 g/mol. The minimum Gasteiger partial charge on any atom is -0.469 e. The van der Waals surface area contributed by atoms with Gasteiger partial charge in [-0.15, -0.1) is 0 Å². The summed E-state index contributed by atoms with van der Waals surface area (Å²) < 4.78 is 5.22. The van der Waals surface area contributed by atoms with Crippen molar-refractivity contribution in [2.45, 2.75) is 26.2 Å². The molecular formula is C14H20N2O3. The van der Waals surface area contributed by atoms with Crippen LogP contribution in [-0.2, 0) is 16.0 Å². The number of nitrogens with zero attached hydrogens (tertiary/aromatic N) is 1. The smallest absolute Gasteiger partial charge is 0.225 e. The number of amides is 2. The quantitative estimate of drug-likeness (QED) is 0.785. The highest BCUT2D eigenvalue weighted by atomic mass is 16.3. The lowest BCUT2D eigenvalue weighted by Crippen LogP contribution is -2.33. The van der Waals surface area contributed by atoms with E-state index in [0.717, 1.165) is 18.6 Å². The second-order valence-electron chi connectivity index (χ2n) is 4.81. The maximum absolute atomic E-state index is 11.9. The van der Waals surface area contributed by atoms with Crippen LogP contribution in [0.5, 0.6) is 0 Å². The molecule has 0 saturated carbocycles. The minimum atomic E-state index is -0.184. The van der Waals surface area contributed by atoms with E-state index in [1.165, 1.54) is 0 Å². The molecule has 1 aliphatic heterocycles. The number of furan rings is 1. The summed E-state index contributed by atoms with van der Waals surface area (Å²) in [6.07, 6.45) is 3.66. The highest BCUT2D eigenvalue weighted by Gasteiger charge is 2.32. The van der Waals surface area contributed by atoms with Gasteiger partial charge in [-0.25, -0.2) is 0 Å². The van der Waals surface area contributed by atoms with Gasteiger partial charge in [0.25, 0.3) is 0 Å². The molecule has 2 heterocycles. The fraction of sp³-hybridized carbons (Fsp3) is 0.571. The first-order valence-electron chi connectivity index (χ1n) is 6.78. The first-order chi connectivity index (χ1) is 9.20. The van der Waals surface area contributed by atoms with Crippen LogP contribution in [0.1, 0.15) is 25.5 Å². The second kappa shape index (κ2) is 6.41. The second-order valence-corrected chi connectivity index (χ2v) is 4.81. The van der Waals surface area contributed by atoms with Crippen LogP contribution in [0.2, 0.25) is 0 Å². The van der Waals surface area contributed by atoms with Crippen molar-refractivity contribution < 1.29 is 14.0 Å². The summed E-state index contributed by atoms with van der Waals surface area (Å²) in [5, 5.41) is 2.89. The molecule has 0 spiro atoms. The molecule has 104 valence electrons. The fourth-order valence-corrected chi connectivity index (χ4v) is 2.33. The predicted octanol–water partition coefficient (Wildman–Crippen LogP) is 1.20. The van der Waals surface area contributed by atoms with Gasteiger partial charge in [0.2, 0.25) is 11.8 Å². The Morgan fingerprint density at radius 1 is 1.58 bits per heavy atom. The first kappa shape index (κ1) is 13.6. The summed E-state index contributed by atoms with van der Waals surface area (Å²) in [4.78, 5) is 25.2. The van der Waals surface area contributed by atoms with E-state index in [2.05, 4.69) is 5.32 Å². The number of carbonyl (C=O) groups is 2. The third kappa shape index (κ3) is 3.59. The molecule has 1 atom stereocenters. The van der Waals surface area contributed by atoms with Crippen molar-refractivity contribution >= 4 is 11.8 Å². The Balaban J connectivity index is 1.66. The molecule has 1 aliphatic rings. The highest BCUT2D eigenvalue weighted by molar-refractivity contribution is 5.89. The summed E-state index contributed by atoms with van der Waals surface area (Å²) >= 11 is 0. The van der Waals surface area contributed by atoms with Gasteiger partial charge in [0.15, 0.2) is 0 Å². The van der Waals surface area contributed by atoms with Crippen molar-refractivity contribution in [3.05, 3.63) is 24.2 Å². The molecule has 1 aromatic heterocycles. The van der Waals surface area contributed by atoms with Gasteiger partial charge in [-0.3, -0.25) is 9.59 Å². The third-order valence-electron chi connectivity index (χ3n) is 3.45. The Bertz CT molecular complexity index is 428. The standard InChI is InChI=1S/C14H20N2O3/c1-2-16-10-11(9-13(16)17)14(18)15-7-3-5-12-6-4-8-19-12/h4,6,8,11H,2-3,5,7,9-10H2,1H3,(H,15,18)/t11-/m0/s1. The van der Waals surface area contributed by atoms with E-state index in [0.29, 0.717) is 26.1 Å². The van der Waals surface area contributed by atoms with E-state index < -0.39 is 0 Å². The van der Waals surface area contributed by atoms with Crippen LogP contribution in [0.15, 0.2) is 22.8 Å². The fourth-order valence-electron chi connectivity index (χ4n) is 2.33. The molecule has 0 bridgehead atoms. The Morgan fingerprint density at radius 2 is 2.42 bits per heavy atom. The number of carbonyl (C=O) groups excluding carboxylic acids is 2. The van der Waals surface area contributed by atoms with Gasteiger partial charge in [0.05, 0.1) is 12.2 Å². The van der Waals surface area contributed by atoms with Crippen LogP contribution in [0.25, 0.3) is 0 Å². The van der Waals surface area contributed by atoms with Crippen molar-refractivity contribution in [2.24, 2.45) is 5.92 Å². The van der Waals surface area contributed by atoms with Gasteiger partial charge in [-0.05, 0) is 25.5 Å². The number of hydrogen-bond acceptors (Lipinski definition) is 3. The molecule has 0 unspecified atom stereocenters. The van der Waals surface area contributed by atoms with Crippen molar-refractivity contribution in [3.8, 4) is 0 Å². The number of rotatable bonds is 6. The van der Waals surface area contributed by atoms with Crippen LogP contribution in [0.3, 0.4) is 0 Å². The molecule has 0 radical (unpaired) electrons. The van der Waals surface area contributed by atoms with Gasteiger partial charge < -0.3 is 14.6 Å². The number of nitrogens with one attached hydrogen (secondary N) is 1. The summed E-state index contributed by atoms with van der Waals surface area (Å²) in [6.45, 7) is 3.79. The first-order valence-corrected chi connectivity index (χ1v) is 6.78. The molecule has 1 aromatic rings. The number of aryl methyl sites for hydroxylation is 1. The Hall–Kier alpha value is -1.78. The zero-order valence-corrected chi connectivity index (χ0v) is 11.2. The van der Waals surface area contributed by atoms with E-state index in [-0.39, 0.29) is 17.7 Å². The maximum atomic E-state index is 11.9.